The summed E-state index contributed by atoms with van der Waals surface area (Å²) >= 11 is 5.93. The van der Waals surface area contributed by atoms with Crippen LogP contribution in [0.15, 0.2) is 55.1 Å². The predicted octanol–water partition coefficient (Wildman–Crippen LogP) is 4.58. The Hall–Kier alpha value is -3.70. The molecule has 0 amide bonds. The topological polar surface area (TPSA) is 97.7 Å². The molecule has 1 aliphatic heterocycles. The summed E-state index contributed by atoms with van der Waals surface area (Å²) in [5, 5.41) is 8.16. The van der Waals surface area contributed by atoms with E-state index in [1.165, 1.54) is 18.5 Å². The normalized spacial score (nSPS) is 15.8. The molecule has 4 heterocycles. The van der Waals surface area contributed by atoms with Crippen molar-refractivity contribution < 1.29 is 22.7 Å². The highest BCUT2D eigenvalue weighted by atomic mass is 35.5. The maximum absolute atomic E-state index is 13.1. The molecule has 5 rings (SSSR count). The first-order chi connectivity index (χ1) is 17.3. The van der Waals surface area contributed by atoms with Crippen molar-refractivity contribution in [2.75, 3.05) is 13.1 Å². The fourth-order valence-electron chi connectivity index (χ4n) is 4.05. The minimum atomic E-state index is -5.19. The summed E-state index contributed by atoms with van der Waals surface area (Å²) < 4.78 is 45.9. The molecule has 3 aromatic heterocycles. The van der Waals surface area contributed by atoms with E-state index < -0.39 is 12.1 Å². The highest BCUT2D eigenvalue weighted by molar-refractivity contribution is 6.30. The largest absolute Gasteiger partial charge is 0.491 e. The number of aromatic amines is 1. The minimum Gasteiger partial charge on any atom is -0.417 e. The van der Waals surface area contributed by atoms with Crippen LogP contribution in [0.4, 0.5) is 13.2 Å². The number of nitrogens with zero attached hydrogens (tertiary/aromatic N) is 4. The summed E-state index contributed by atoms with van der Waals surface area (Å²) in [6, 6.07) is 8.67. The van der Waals surface area contributed by atoms with Crippen LogP contribution in [0, 0.1) is 0 Å². The summed E-state index contributed by atoms with van der Waals surface area (Å²) in [4.78, 5) is 23.5. The van der Waals surface area contributed by atoms with E-state index in [1.54, 1.807) is 29.2 Å². The molecule has 0 aliphatic carbocycles. The quantitative estimate of drug-likeness (QED) is 0.364. The summed E-state index contributed by atoms with van der Waals surface area (Å²) in [6.45, 7) is 2.03. The van der Waals surface area contributed by atoms with Crippen LogP contribution in [0.1, 0.15) is 23.6 Å². The first kappa shape index (κ1) is 24.0. The van der Waals surface area contributed by atoms with Gasteiger partial charge in [-0.1, -0.05) is 23.7 Å². The molecule has 2 N–H and O–H groups in total. The highest BCUT2D eigenvalue weighted by Crippen LogP contribution is 2.38. The molecule has 1 aliphatic rings. The lowest BCUT2D eigenvalue weighted by atomic mass is 10.1. The van der Waals surface area contributed by atoms with Crippen LogP contribution in [0.5, 0.6) is 5.75 Å². The number of carbonyl (C=O) groups is 1. The van der Waals surface area contributed by atoms with Gasteiger partial charge in [0.2, 0.25) is 0 Å². The molecule has 1 atom stereocenters. The number of hydrogen-bond acceptors (Lipinski definition) is 6. The Morgan fingerprint density at radius 3 is 2.69 bits per heavy atom. The highest BCUT2D eigenvalue weighted by Gasteiger charge is 2.42. The van der Waals surface area contributed by atoms with Crippen molar-refractivity contribution in [3.63, 3.8) is 0 Å². The van der Waals surface area contributed by atoms with Gasteiger partial charge in [-0.3, -0.25) is 4.68 Å². The molecule has 1 fully saturated rings. The molecule has 1 unspecified atom stereocenters. The van der Waals surface area contributed by atoms with Gasteiger partial charge in [-0.2, -0.15) is 18.3 Å². The Bertz CT molecular complexity index is 1380. The number of nitrogens with one attached hydrogen (secondary N) is 2. The third-order valence-electron chi connectivity index (χ3n) is 5.85. The first-order valence-corrected chi connectivity index (χ1v) is 11.5. The summed E-state index contributed by atoms with van der Waals surface area (Å²) in [5.74, 6) is -2.30. The molecule has 0 saturated carbocycles. The fourth-order valence-corrected chi connectivity index (χ4v) is 4.17. The average molecular weight is 517 g/mol. The van der Waals surface area contributed by atoms with Gasteiger partial charge in [-0.15, -0.1) is 0 Å². The lowest BCUT2D eigenvalue weighted by Gasteiger charge is -2.13. The van der Waals surface area contributed by atoms with Gasteiger partial charge in [0.05, 0.1) is 12.7 Å². The van der Waals surface area contributed by atoms with Crippen LogP contribution in [0.25, 0.3) is 22.6 Å². The number of halogens is 4. The number of carbonyl (C=O) groups excluding carboxylic acids is 1. The Morgan fingerprint density at radius 2 is 1.97 bits per heavy atom. The van der Waals surface area contributed by atoms with Gasteiger partial charge in [-0.05, 0) is 36.7 Å². The molecule has 8 nitrogen and oxygen atoms in total. The standard InChI is InChI=1S/C24H20ClF3N6O2/c25-17-3-1-14(2-4-17)12-34-13-16(10-32-34)18-6-8-30-20(21(18)36-23(35)24(26,27)28)22-31-11-19(33-22)15-5-7-29-9-15/h1-4,6,8,10-11,13,15,29H,5,7,9,12H2,(H,31,33). The smallest absolute Gasteiger partial charge is 0.417 e. The molecule has 12 heteroatoms. The number of benzene rings is 1. The molecule has 0 bridgehead atoms. The summed E-state index contributed by atoms with van der Waals surface area (Å²) in [7, 11) is 0. The third-order valence-corrected chi connectivity index (χ3v) is 6.10. The second-order valence-electron chi connectivity index (χ2n) is 8.35. The van der Waals surface area contributed by atoms with Gasteiger partial charge < -0.3 is 15.0 Å². The number of pyridine rings is 1. The van der Waals surface area contributed by atoms with Crippen LogP contribution in [0.3, 0.4) is 0 Å². The molecule has 0 spiro atoms. The van der Waals surface area contributed by atoms with E-state index in [-0.39, 0.29) is 28.7 Å². The lowest BCUT2D eigenvalue weighted by Crippen LogP contribution is -2.28. The number of ether oxygens (including phenoxy) is 1. The maximum atomic E-state index is 13.1. The van der Waals surface area contributed by atoms with Crippen molar-refractivity contribution in [3.05, 3.63) is 71.4 Å². The molecule has 36 heavy (non-hydrogen) atoms. The molecular formula is C24H20ClF3N6O2. The van der Waals surface area contributed by atoms with Crippen molar-refractivity contribution in [1.82, 2.24) is 30.0 Å². The monoisotopic (exact) mass is 516 g/mol. The predicted molar refractivity (Wildman–Crippen MR) is 126 cm³/mol. The number of alkyl halides is 3. The Morgan fingerprint density at radius 1 is 1.17 bits per heavy atom. The number of H-pyrrole nitrogens is 1. The number of aromatic nitrogens is 5. The van der Waals surface area contributed by atoms with Gasteiger partial charge in [0.15, 0.2) is 11.6 Å². The number of hydrogen-bond donors (Lipinski definition) is 2. The van der Waals surface area contributed by atoms with E-state index in [1.807, 2.05) is 12.1 Å². The van der Waals surface area contributed by atoms with Gasteiger partial charge in [0.1, 0.15) is 5.69 Å². The Kier molecular flexibility index (Phi) is 6.50. The number of esters is 1. The molecule has 0 radical (unpaired) electrons. The lowest BCUT2D eigenvalue weighted by molar-refractivity contribution is -0.189. The van der Waals surface area contributed by atoms with Crippen LogP contribution in [0.2, 0.25) is 5.02 Å². The molecule has 1 saturated heterocycles. The second-order valence-corrected chi connectivity index (χ2v) is 8.79. The maximum Gasteiger partial charge on any atom is 0.491 e. The molecular weight excluding hydrogens is 497 g/mol. The summed E-state index contributed by atoms with van der Waals surface area (Å²) in [5.41, 5.74) is 2.42. The van der Waals surface area contributed by atoms with E-state index in [0.717, 1.165) is 30.8 Å². The van der Waals surface area contributed by atoms with E-state index in [9.17, 15) is 18.0 Å². The van der Waals surface area contributed by atoms with Gasteiger partial charge in [-0.25, -0.2) is 14.8 Å². The van der Waals surface area contributed by atoms with Crippen molar-refractivity contribution in [1.29, 1.82) is 0 Å². The van der Waals surface area contributed by atoms with Crippen molar-refractivity contribution in [2.45, 2.75) is 25.1 Å². The van der Waals surface area contributed by atoms with E-state index in [4.69, 9.17) is 16.3 Å². The third kappa shape index (κ3) is 5.12. The Balaban J connectivity index is 1.52. The van der Waals surface area contributed by atoms with E-state index in [0.29, 0.717) is 17.1 Å². The first-order valence-electron chi connectivity index (χ1n) is 11.1. The van der Waals surface area contributed by atoms with Gasteiger partial charge in [0.25, 0.3) is 0 Å². The van der Waals surface area contributed by atoms with Crippen LogP contribution in [-0.4, -0.2) is 50.0 Å². The van der Waals surface area contributed by atoms with Crippen LogP contribution < -0.4 is 10.1 Å². The number of imidazole rings is 1. The molecule has 186 valence electrons. The zero-order valence-corrected chi connectivity index (χ0v) is 19.5. The zero-order chi connectivity index (χ0) is 25.3. The second kappa shape index (κ2) is 9.75. The molecule has 1 aromatic carbocycles. The SMILES string of the molecule is O=C(Oc1c(-c2cnn(Cc3ccc(Cl)cc3)c2)ccnc1-c1ncc(C2CCNC2)[nH]1)C(F)(F)F. The van der Waals surface area contributed by atoms with Crippen molar-refractivity contribution in [3.8, 4) is 28.4 Å². The fraction of sp³-hybridized carbons (Fsp3) is 0.250. The number of rotatable bonds is 6. The van der Waals surface area contributed by atoms with Crippen molar-refractivity contribution in [2.24, 2.45) is 0 Å². The van der Waals surface area contributed by atoms with Crippen LogP contribution in [-0.2, 0) is 11.3 Å². The minimum absolute atomic E-state index is 0.00671. The molecule has 4 aromatic rings. The van der Waals surface area contributed by atoms with Crippen molar-refractivity contribution >= 4 is 17.6 Å². The van der Waals surface area contributed by atoms with Gasteiger partial charge >= 0.3 is 12.1 Å². The summed E-state index contributed by atoms with van der Waals surface area (Å²) in [6.07, 6.45) is 1.89. The van der Waals surface area contributed by atoms with E-state index in [2.05, 4.69) is 25.4 Å². The zero-order valence-electron chi connectivity index (χ0n) is 18.7. The van der Waals surface area contributed by atoms with E-state index >= 15 is 0 Å². The Labute approximate surface area is 208 Å². The average Bonchev–Trinajstić information content (AvgIpc) is 3.62. The van der Waals surface area contributed by atoms with Crippen LogP contribution >= 0.6 is 11.6 Å². The van der Waals surface area contributed by atoms with Gasteiger partial charge in [0, 0.05) is 52.9 Å².